The van der Waals surface area contributed by atoms with Gasteiger partial charge in [0.2, 0.25) is 0 Å². The Hall–Kier alpha value is -1.10. The van der Waals surface area contributed by atoms with Gasteiger partial charge >= 0.3 is 0 Å². The Bertz CT molecular complexity index is 461. The molecule has 84 valence electrons. The molecule has 0 aromatic carbocycles. The highest BCUT2D eigenvalue weighted by Gasteiger charge is 2.09. The fourth-order valence-electron chi connectivity index (χ4n) is 1.17. The third-order valence-corrected chi connectivity index (χ3v) is 3.18. The van der Waals surface area contributed by atoms with Crippen LogP contribution in [0.15, 0.2) is 34.9 Å². The highest BCUT2D eigenvalue weighted by molar-refractivity contribution is 7.18. The van der Waals surface area contributed by atoms with E-state index in [1.165, 1.54) is 11.3 Å². The molecule has 0 aliphatic carbocycles. The largest absolute Gasteiger partial charge is 0.467 e. The van der Waals surface area contributed by atoms with Gasteiger partial charge < -0.3 is 9.15 Å². The summed E-state index contributed by atoms with van der Waals surface area (Å²) in [7, 11) is 0. The first kappa shape index (κ1) is 11.4. The van der Waals surface area contributed by atoms with Gasteiger partial charge in [-0.1, -0.05) is 11.6 Å². The van der Waals surface area contributed by atoms with Crippen LogP contribution in [0.25, 0.3) is 0 Å². The van der Waals surface area contributed by atoms with Crippen molar-refractivity contribution in [2.75, 3.05) is 6.61 Å². The average molecular weight is 257 g/mol. The van der Waals surface area contributed by atoms with Crippen molar-refractivity contribution in [2.45, 2.75) is 6.61 Å². The average Bonchev–Trinajstić information content (AvgIpc) is 2.89. The van der Waals surface area contributed by atoms with Crippen molar-refractivity contribution in [3.05, 3.63) is 45.5 Å². The van der Waals surface area contributed by atoms with Crippen LogP contribution in [0.3, 0.4) is 0 Å². The number of rotatable bonds is 5. The van der Waals surface area contributed by atoms with Crippen LogP contribution in [0.1, 0.15) is 15.4 Å². The van der Waals surface area contributed by atoms with E-state index >= 15 is 0 Å². The molecule has 3 nitrogen and oxygen atoms in total. The van der Waals surface area contributed by atoms with Gasteiger partial charge in [-0.3, -0.25) is 4.79 Å². The third-order valence-electron chi connectivity index (χ3n) is 1.91. The standard InChI is InChI=1S/C11H9ClO3S/c12-11-4-3-10(16-11)9(13)7-14-6-8-2-1-5-15-8/h1-5H,6-7H2. The Morgan fingerprint density at radius 2 is 2.31 bits per heavy atom. The van der Waals surface area contributed by atoms with Crippen LogP contribution < -0.4 is 0 Å². The number of Topliss-reactive ketones (excluding diaryl/α,β-unsaturated/α-hetero) is 1. The maximum Gasteiger partial charge on any atom is 0.198 e. The third kappa shape index (κ3) is 2.95. The van der Waals surface area contributed by atoms with Gasteiger partial charge in [-0.05, 0) is 24.3 Å². The molecule has 0 amide bonds. The predicted octanol–water partition coefficient (Wildman–Crippen LogP) is 3.39. The lowest BCUT2D eigenvalue weighted by Crippen LogP contribution is -2.07. The zero-order chi connectivity index (χ0) is 11.4. The first-order chi connectivity index (χ1) is 7.75. The highest BCUT2D eigenvalue weighted by Crippen LogP contribution is 2.21. The summed E-state index contributed by atoms with van der Waals surface area (Å²) in [5.41, 5.74) is 0. The van der Waals surface area contributed by atoms with Gasteiger partial charge in [-0.15, -0.1) is 11.3 Å². The van der Waals surface area contributed by atoms with Crippen LogP contribution in [0, 0.1) is 0 Å². The molecule has 2 aromatic rings. The zero-order valence-electron chi connectivity index (χ0n) is 8.31. The topological polar surface area (TPSA) is 39.4 Å². The van der Waals surface area contributed by atoms with E-state index in [0.29, 0.717) is 21.6 Å². The van der Waals surface area contributed by atoms with Crippen LogP contribution in [-0.4, -0.2) is 12.4 Å². The van der Waals surface area contributed by atoms with E-state index in [4.69, 9.17) is 20.8 Å². The minimum absolute atomic E-state index is 0.0392. The first-order valence-electron chi connectivity index (χ1n) is 4.64. The molecular formula is C11H9ClO3S. The van der Waals surface area contributed by atoms with Gasteiger partial charge in [-0.2, -0.15) is 0 Å². The molecule has 2 heterocycles. The number of thiophene rings is 1. The lowest BCUT2D eigenvalue weighted by atomic mass is 10.3. The van der Waals surface area contributed by atoms with Gasteiger partial charge in [0.15, 0.2) is 5.78 Å². The number of halogens is 1. The molecule has 0 spiro atoms. The van der Waals surface area contributed by atoms with E-state index < -0.39 is 0 Å². The SMILES string of the molecule is O=C(COCc1ccco1)c1ccc(Cl)s1. The molecular weight excluding hydrogens is 248 g/mol. The molecule has 0 saturated heterocycles. The number of ether oxygens (including phenoxy) is 1. The van der Waals surface area contributed by atoms with Gasteiger partial charge in [0.05, 0.1) is 15.5 Å². The molecule has 16 heavy (non-hydrogen) atoms. The normalized spacial score (nSPS) is 10.6. The first-order valence-corrected chi connectivity index (χ1v) is 5.84. The minimum Gasteiger partial charge on any atom is -0.467 e. The number of ketones is 1. The van der Waals surface area contributed by atoms with Gasteiger partial charge in [0.25, 0.3) is 0 Å². The van der Waals surface area contributed by atoms with E-state index in [1.807, 2.05) is 0 Å². The molecule has 0 radical (unpaired) electrons. The number of hydrogen-bond donors (Lipinski definition) is 0. The molecule has 0 N–H and O–H groups in total. The summed E-state index contributed by atoms with van der Waals surface area (Å²) in [5.74, 6) is 0.639. The summed E-state index contributed by atoms with van der Waals surface area (Å²) in [6.07, 6.45) is 1.57. The molecule has 0 unspecified atom stereocenters. The second-order valence-corrected chi connectivity index (χ2v) is 4.81. The van der Waals surface area contributed by atoms with E-state index in [0.717, 1.165) is 0 Å². The Kier molecular flexibility index (Phi) is 3.77. The maximum atomic E-state index is 11.6. The van der Waals surface area contributed by atoms with Crippen molar-refractivity contribution in [1.82, 2.24) is 0 Å². The van der Waals surface area contributed by atoms with E-state index in [9.17, 15) is 4.79 Å². The lowest BCUT2D eigenvalue weighted by Gasteiger charge is -1.99. The van der Waals surface area contributed by atoms with Crippen molar-refractivity contribution in [3.63, 3.8) is 0 Å². The zero-order valence-corrected chi connectivity index (χ0v) is 9.88. The molecule has 0 atom stereocenters. The number of hydrogen-bond acceptors (Lipinski definition) is 4. The Morgan fingerprint density at radius 3 is 2.94 bits per heavy atom. The van der Waals surface area contributed by atoms with Crippen LogP contribution in [-0.2, 0) is 11.3 Å². The molecule has 2 rings (SSSR count). The summed E-state index contributed by atoms with van der Waals surface area (Å²) < 4.78 is 10.9. The number of carbonyl (C=O) groups is 1. The lowest BCUT2D eigenvalue weighted by molar-refractivity contribution is 0.0695. The van der Waals surface area contributed by atoms with Crippen LogP contribution >= 0.6 is 22.9 Å². The highest BCUT2D eigenvalue weighted by atomic mass is 35.5. The second kappa shape index (κ2) is 5.30. The van der Waals surface area contributed by atoms with Crippen molar-refractivity contribution >= 4 is 28.7 Å². The molecule has 0 bridgehead atoms. The molecule has 0 fully saturated rings. The van der Waals surface area contributed by atoms with Crippen LogP contribution in [0.2, 0.25) is 4.34 Å². The Balaban J connectivity index is 1.80. The van der Waals surface area contributed by atoms with E-state index in [1.54, 1.807) is 30.5 Å². The van der Waals surface area contributed by atoms with E-state index in [2.05, 4.69) is 0 Å². The summed E-state index contributed by atoms with van der Waals surface area (Å²) in [6, 6.07) is 6.98. The van der Waals surface area contributed by atoms with E-state index in [-0.39, 0.29) is 12.4 Å². The monoisotopic (exact) mass is 256 g/mol. The van der Waals surface area contributed by atoms with Gasteiger partial charge in [0.1, 0.15) is 19.0 Å². The molecule has 0 aliphatic rings. The van der Waals surface area contributed by atoms with Gasteiger partial charge in [0, 0.05) is 0 Å². The van der Waals surface area contributed by atoms with Crippen molar-refractivity contribution in [1.29, 1.82) is 0 Å². The smallest absolute Gasteiger partial charge is 0.198 e. The maximum absolute atomic E-state index is 11.6. The van der Waals surface area contributed by atoms with Crippen molar-refractivity contribution < 1.29 is 13.9 Å². The summed E-state index contributed by atoms with van der Waals surface area (Å²) in [6.45, 7) is 0.343. The van der Waals surface area contributed by atoms with Crippen molar-refractivity contribution in [2.24, 2.45) is 0 Å². The minimum atomic E-state index is -0.0662. The predicted molar refractivity (Wildman–Crippen MR) is 62.0 cm³/mol. The molecule has 5 heteroatoms. The Morgan fingerprint density at radius 1 is 1.44 bits per heavy atom. The summed E-state index contributed by atoms with van der Waals surface area (Å²) >= 11 is 6.99. The Labute approximate surface area is 102 Å². The summed E-state index contributed by atoms with van der Waals surface area (Å²) in [5, 5.41) is 0. The van der Waals surface area contributed by atoms with Gasteiger partial charge in [-0.25, -0.2) is 0 Å². The number of furan rings is 1. The molecule has 0 saturated carbocycles. The van der Waals surface area contributed by atoms with Crippen molar-refractivity contribution in [3.8, 4) is 0 Å². The van der Waals surface area contributed by atoms with Crippen LogP contribution in [0.5, 0.6) is 0 Å². The second-order valence-electron chi connectivity index (χ2n) is 3.10. The summed E-state index contributed by atoms with van der Waals surface area (Å²) in [4.78, 5) is 12.2. The quantitative estimate of drug-likeness (QED) is 0.770. The fraction of sp³-hybridized carbons (Fsp3) is 0.182. The number of carbonyl (C=O) groups excluding carboxylic acids is 1. The molecule has 0 aliphatic heterocycles. The molecule has 2 aromatic heterocycles. The fourth-order valence-corrected chi connectivity index (χ4v) is 2.14. The van der Waals surface area contributed by atoms with Crippen LogP contribution in [0.4, 0.5) is 0 Å².